The van der Waals surface area contributed by atoms with Gasteiger partial charge in [0.2, 0.25) is 17.5 Å². The van der Waals surface area contributed by atoms with Gasteiger partial charge in [-0.05, 0) is 12.5 Å². The molecular weight excluding hydrogens is 246 g/mol. The van der Waals surface area contributed by atoms with Crippen molar-refractivity contribution in [2.75, 3.05) is 5.73 Å². The first-order valence-corrected chi connectivity index (χ1v) is 6.12. The highest BCUT2D eigenvalue weighted by Gasteiger charge is 2.40. The van der Waals surface area contributed by atoms with Gasteiger partial charge < -0.3 is 10.9 Å². The second-order valence-corrected chi connectivity index (χ2v) is 4.81. The topological polar surface area (TPSA) is 98.3 Å². The summed E-state index contributed by atoms with van der Waals surface area (Å²) >= 11 is 0. The predicted octanol–water partition coefficient (Wildman–Crippen LogP) is 0.461. The second-order valence-electron chi connectivity index (χ2n) is 4.81. The summed E-state index contributed by atoms with van der Waals surface area (Å²) in [6, 6.07) is 5.14. The molecule has 0 saturated carbocycles. The van der Waals surface area contributed by atoms with Crippen molar-refractivity contribution in [2.24, 2.45) is 5.92 Å². The number of nitrogens with zero attached hydrogens (tertiary/aromatic N) is 1. The lowest BCUT2D eigenvalue weighted by atomic mass is 9.90. The Kier molecular flexibility index (Phi) is 2.51. The van der Waals surface area contributed by atoms with Gasteiger partial charge in [-0.1, -0.05) is 6.07 Å². The Labute approximate surface area is 109 Å². The monoisotopic (exact) mass is 259 g/mol. The number of anilines is 1. The number of hydrogen-bond donors (Lipinski definition) is 2. The smallest absolute Gasteiger partial charge is 0.239 e. The van der Waals surface area contributed by atoms with Crippen LogP contribution in [0.2, 0.25) is 0 Å². The summed E-state index contributed by atoms with van der Waals surface area (Å²) in [6.45, 7) is 0. The van der Waals surface area contributed by atoms with Crippen LogP contribution in [0, 0.1) is 11.1 Å². The van der Waals surface area contributed by atoms with Gasteiger partial charge in [0.1, 0.15) is 5.92 Å². The molecule has 2 heterocycles. The molecule has 1 aromatic carbocycles. The van der Waals surface area contributed by atoms with E-state index in [-0.39, 0.29) is 12.3 Å². The number of imide groups is 1. The van der Waals surface area contributed by atoms with E-state index in [0.29, 0.717) is 29.9 Å². The first kappa shape index (κ1) is 11.7. The molecule has 6 nitrogen and oxygen atoms in total. The first-order valence-electron chi connectivity index (χ1n) is 6.12. The van der Waals surface area contributed by atoms with E-state index in [1.165, 1.54) is 0 Å². The maximum atomic E-state index is 12.2. The molecule has 2 aliphatic rings. The minimum Gasteiger partial charge on any atom is -0.618 e. The van der Waals surface area contributed by atoms with E-state index >= 15 is 0 Å². The molecule has 1 atom stereocenters. The Bertz CT molecular complexity index is 622. The summed E-state index contributed by atoms with van der Waals surface area (Å²) in [6.07, 6.45) is 1.02. The molecule has 3 N–H and O–H groups in total. The van der Waals surface area contributed by atoms with E-state index < -0.39 is 11.8 Å². The summed E-state index contributed by atoms with van der Waals surface area (Å²) < 4.78 is 0.783. The van der Waals surface area contributed by atoms with Gasteiger partial charge in [0, 0.05) is 18.2 Å². The Morgan fingerprint density at radius 2 is 2.16 bits per heavy atom. The summed E-state index contributed by atoms with van der Waals surface area (Å²) in [5.74, 6) is -1.21. The molecule has 0 bridgehead atoms. The van der Waals surface area contributed by atoms with Crippen molar-refractivity contribution in [2.45, 2.75) is 19.3 Å². The highest BCUT2D eigenvalue weighted by Crippen LogP contribution is 2.33. The lowest BCUT2D eigenvalue weighted by Gasteiger charge is -2.19. The van der Waals surface area contributed by atoms with Crippen LogP contribution in [0.15, 0.2) is 18.2 Å². The normalized spacial score (nSPS) is 22.4. The van der Waals surface area contributed by atoms with E-state index in [0.717, 1.165) is 10.3 Å². The molecule has 0 radical (unpaired) electrons. The average Bonchev–Trinajstić information content (AvgIpc) is 2.69. The number of carbonyl (C=O) groups excluding carboxylic acids is 2. The van der Waals surface area contributed by atoms with E-state index in [1.54, 1.807) is 18.2 Å². The van der Waals surface area contributed by atoms with Crippen molar-refractivity contribution in [1.29, 1.82) is 0 Å². The Balaban J connectivity index is 1.96. The van der Waals surface area contributed by atoms with Gasteiger partial charge in [-0.25, -0.2) is 0 Å². The molecule has 2 aliphatic heterocycles. The fourth-order valence-corrected chi connectivity index (χ4v) is 2.66. The van der Waals surface area contributed by atoms with Gasteiger partial charge in [0.25, 0.3) is 0 Å². The van der Waals surface area contributed by atoms with Crippen molar-refractivity contribution in [3.05, 3.63) is 29.0 Å². The lowest BCUT2D eigenvalue weighted by Crippen LogP contribution is -2.45. The summed E-state index contributed by atoms with van der Waals surface area (Å²) in [4.78, 5) is 23.0. The van der Waals surface area contributed by atoms with Crippen LogP contribution in [0.3, 0.4) is 0 Å². The van der Waals surface area contributed by atoms with Crippen LogP contribution in [0.4, 0.5) is 11.4 Å². The Morgan fingerprint density at radius 3 is 2.84 bits per heavy atom. The van der Waals surface area contributed by atoms with Crippen LogP contribution in [-0.4, -0.2) is 22.3 Å². The lowest BCUT2D eigenvalue weighted by molar-refractivity contribution is -0.360. The SMILES string of the molecule is Nc1cccc2c1CC(C1CCC(=O)NC1=O)=[N+]2[O-]. The third kappa shape index (κ3) is 1.76. The van der Waals surface area contributed by atoms with Crippen molar-refractivity contribution < 1.29 is 14.3 Å². The number of carbonyl (C=O) groups is 2. The molecule has 2 amide bonds. The third-order valence-electron chi connectivity index (χ3n) is 3.67. The zero-order chi connectivity index (χ0) is 13.6. The molecule has 98 valence electrons. The van der Waals surface area contributed by atoms with Crippen LogP contribution in [0.25, 0.3) is 0 Å². The van der Waals surface area contributed by atoms with Gasteiger partial charge in [-0.15, -0.1) is 0 Å². The fraction of sp³-hybridized carbons (Fsp3) is 0.308. The van der Waals surface area contributed by atoms with Crippen molar-refractivity contribution >= 4 is 28.9 Å². The number of nitrogens with one attached hydrogen (secondary N) is 1. The average molecular weight is 259 g/mol. The van der Waals surface area contributed by atoms with Crippen molar-refractivity contribution in [3.8, 4) is 0 Å². The molecule has 3 rings (SSSR count). The number of nitrogens with two attached hydrogens (primary N) is 1. The van der Waals surface area contributed by atoms with E-state index in [4.69, 9.17) is 5.73 Å². The number of amides is 2. The zero-order valence-corrected chi connectivity index (χ0v) is 10.2. The van der Waals surface area contributed by atoms with E-state index in [1.807, 2.05) is 0 Å². The molecule has 1 saturated heterocycles. The molecule has 1 aromatic rings. The quantitative estimate of drug-likeness (QED) is 0.331. The van der Waals surface area contributed by atoms with Gasteiger partial charge in [-0.3, -0.25) is 14.9 Å². The number of nitrogen functional groups attached to an aromatic ring is 1. The maximum absolute atomic E-state index is 12.2. The van der Waals surface area contributed by atoms with Gasteiger partial charge in [-0.2, -0.15) is 4.74 Å². The first-order chi connectivity index (χ1) is 9.08. The van der Waals surface area contributed by atoms with E-state index in [9.17, 15) is 14.8 Å². The molecule has 0 aromatic heterocycles. The molecule has 0 spiro atoms. The van der Waals surface area contributed by atoms with Crippen molar-refractivity contribution in [3.63, 3.8) is 0 Å². The fourth-order valence-electron chi connectivity index (χ4n) is 2.66. The Hall–Kier alpha value is -2.37. The Morgan fingerprint density at radius 1 is 1.37 bits per heavy atom. The standard InChI is InChI=1S/C13H13N3O3/c14-9-2-1-3-10-8(9)6-11(16(10)19)7-4-5-12(17)15-13(7)18/h1-3,7H,4-6,14H2,(H,15,17,18). The number of benzene rings is 1. The van der Waals surface area contributed by atoms with Crippen molar-refractivity contribution in [1.82, 2.24) is 5.32 Å². The molecule has 19 heavy (non-hydrogen) atoms. The van der Waals surface area contributed by atoms with E-state index in [2.05, 4.69) is 5.32 Å². The van der Waals surface area contributed by atoms with Gasteiger partial charge in [0.05, 0.1) is 12.0 Å². The van der Waals surface area contributed by atoms with Crippen LogP contribution in [0.1, 0.15) is 18.4 Å². The summed E-state index contributed by atoms with van der Waals surface area (Å²) in [5.41, 5.74) is 8.14. The summed E-state index contributed by atoms with van der Waals surface area (Å²) in [7, 11) is 0. The molecule has 1 fully saturated rings. The minimum absolute atomic E-state index is 0.263. The predicted molar refractivity (Wildman–Crippen MR) is 68.7 cm³/mol. The zero-order valence-electron chi connectivity index (χ0n) is 10.2. The van der Waals surface area contributed by atoms with Gasteiger partial charge >= 0.3 is 0 Å². The second kappa shape index (κ2) is 4.08. The third-order valence-corrected chi connectivity index (χ3v) is 3.67. The molecule has 0 aliphatic carbocycles. The molecular formula is C13H13N3O3. The van der Waals surface area contributed by atoms with Crippen LogP contribution in [-0.2, 0) is 16.0 Å². The van der Waals surface area contributed by atoms with Crippen LogP contribution in [0.5, 0.6) is 0 Å². The van der Waals surface area contributed by atoms with Crippen LogP contribution < -0.4 is 11.1 Å². The van der Waals surface area contributed by atoms with Gasteiger partial charge in [0.15, 0.2) is 5.71 Å². The highest BCUT2D eigenvalue weighted by atomic mass is 16.5. The van der Waals surface area contributed by atoms with Crippen LogP contribution >= 0.6 is 0 Å². The highest BCUT2D eigenvalue weighted by molar-refractivity contribution is 6.11. The number of hydrogen-bond acceptors (Lipinski definition) is 4. The minimum atomic E-state index is -0.540. The largest absolute Gasteiger partial charge is 0.618 e. The summed E-state index contributed by atoms with van der Waals surface area (Å²) in [5, 5.41) is 14.5. The maximum Gasteiger partial charge on any atom is 0.239 e. The number of fused-ring (bicyclic) bond motifs is 1. The number of rotatable bonds is 1. The number of piperidine rings is 1. The molecule has 6 heteroatoms. The molecule has 1 unspecified atom stereocenters.